The molecule has 7 heteroatoms. The first kappa shape index (κ1) is 10.6. The third-order valence-electron chi connectivity index (χ3n) is 1.85. The largest absolute Gasteiger partial charge is 0.480 e. The van der Waals surface area contributed by atoms with Gasteiger partial charge in [-0.15, -0.1) is 0 Å². The van der Waals surface area contributed by atoms with E-state index < -0.39 is 26.8 Å². The zero-order valence-corrected chi connectivity index (χ0v) is 8.77. The van der Waals surface area contributed by atoms with E-state index in [9.17, 15) is 13.2 Å². The maximum Gasteiger partial charge on any atom is 0.319 e. The molecule has 0 aliphatic carbocycles. The average molecular weight is 241 g/mol. The molecule has 1 aromatic carbocycles. The van der Waals surface area contributed by atoms with Gasteiger partial charge < -0.3 is 9.52 Å². The highest BCUT2D eigenvalue weighted by Crippen LogP contribution is 2.18. The van der Waals surface area contributed by atoms with Crippen molar-refractivity contribution in [1.29, 1.82) is 0 Å². The van der Waals surface area contributed by atoms with Gasteiger partial charge in [-0.25, -0.2) is 8.42 Å². The topological polar surface area (TPSA) is 97.5 Å². The van der Waals surface area contributed by atoms with Crippen molar-refractivity contribution in [2.24, 2.45) is 0 Å². The number of fused-ring (bicyclic) bond motifs is 1. The number of hydrogen-bond acceptors (Lipinski definition) is 5. The Hall–Kier alpha value is -1.89. The molecule has 0 spiro atoms. The van der Waals surface area contributed by atoms with Crippen LogP contribution >= 0.6 is 0 Å². The minimum atomic E-state index is -4.00. The normalized spacial score (nSPS) is 11.8. The number of oxazole rings is 1. The van der Waals surface area contributed by atoms with Gasteiger partial charge in [0.2, 0.25) is 9.84 Å². The van der Waals surface area contributed by atoms with Crippen molar-refractivity contribution in [2.45, 2.75) is 5.22 Å². The predicted octanol–water partition coefficient (Wildman–Crippen LogP) is 0.686. The van der Waals surface area contributed by atoms with Gasteiger partial charge in [0, 0.05) is 0 Å². The van der Waals surface area contributed by atoms with Gasteiger partial charge >= 0.3 is 11.2 Å². The molecule has 84 valence electrons. The molecule has 1 N–H and O–H groups in total. The number of rotatable bonds is 3. The first-order valence-electron chi connectivity index (χ1n) is 4.29. The van der Waals surface area contributed by atoms with Gasteiger partial charge in [0.1, 0.15) is 5.52 Å². The third-order valence-corrected chi connectivity index (χ3v) is 3.19. The summed E-state index contributed by atoms with van der Waals surface area (Å²) in [5, 5.41) is 7.88. The minimum absolute atomic E-state index is 0.312. The van der Waals surface area contributed by atoms with Gasteiger partial charge in [-0.1, -0.05) is 12.1 Å². The summed E-state index contributed by atoms with van der Waals surface area (Å²) in [7, 11) is -4.00. The van der Waals surface area contributed by atoms with Crippen LogP contribution in [0.4, 0.5) is 0 Å². The van der Waals surface area contributed by atoms with Crippen LogP contribution in [0.15, 0.2) is 33.9 Å². The molecule has 2 aromatic rings. The van der Waals surface area contributed by atoms with Crippen LogP contribution < -0.4 is 0 Å². The maximum absolute atomic E-state index is 11.5. The van der Waals surface area contributed by atoms with E-state index in [1.54, 1.807) is 24.3 Å². The van der Waals surface area contributed by atoms with E-state index in [0.717, 1.165) is 0 Å². The van der Waals surface area contributed by atoms with Gasteiger partial charge in [0.05, 0.1) is 0 Å². The van der Waals surface area contributed by atoms with Crippen LogP contribution in [-0.4, -0.2) is 30.2 Å². The van der Waals surface area contributed by atoms with Gasteiger partial charge in [-0.3, -0.25) is 4.79 Å². The highest BCUT2D eigenvalue weighted by Gasteiger charge is 2.24. The van der Waals surface area contributed by atoms with Crippen molar-refractivity contribution in [1.82, 2.24) is 4.98 Å². The molecule has 0 saturated heterocycles. The molecule has 0 radical (unpaired) electrons. The van der Waals surface area contributed by atoms with Crippen LogP contribution in [0.3, 0.4) is 0 Å². The van der Waals surface area contributed by atoms with Crippen molar-refractivity contribution in [3.63, 3.8) is 0 Å². The van der Waals surface area contributed by atoms with Crippen LogP contribution in [0.25, 0.3) is 11.1 Å². The van der Waals surface area contributed by atoms with E-state index >= 15 is 0 Å². The summed E-state index contributed by atoms with van der Waals surface area (Å²) in [6.07, 6.45) is 0. The van der Waals surface area contributed by atoms with E-state index in [4.69, 9.17) is 9.52 Å². The number of aliphatic carboxylic acids is 1. The lowest BCUT2D eigenvalue weighted by molar-refractivity contribution is -0.134. The highest BCUT2D eigenvalue weighted by atomic mass is 32.2. The monoisotopic (exact) mass is 241 g/mol. The lowest BCUT2D eigenvalue weighted by Crippen LogP contribution is -2.15. The maximum atomic E-state index is 11.5. The number of hydrogen-bond donors (Lipinski definition) is 1. The summed E-state index contributed by atoms with van der Waals surface area (Å²) in [4.78, 5) is 14.1. The fraction of sp³-hybridized carbons (Fsp3) is 0.111. The number of aromatic nitrogens is 1. The third kappa shape index (κ3) is 1.89. The molecule has 1 aromatic heterocycles. The second kappa shape index (κ2) is 3.60. The first-order valence-corrected chi connectivity index (χ1v) is 5.94. The van der Waals surface area contributed by atoms with Crippen molar-refractivity contribution in [3.05, 3.63) is 24.3 Å². The fourth-order valence-corrected chi connectivity index (χ4v) is 2.11. The average Bonchev–Trinajstić information content (AvgIpc) is 2.59. The van der Waals surface area contributed by atoms with Crippen LogP contribution in [0.5, 0.6) is 0 Å². The second-order valence-corrected chi connectivity index (χ2v) is 4.97. The number of sulfone groups is 1. The van der Waals surface area contributed by atoms with Gasteiger partial charge in [-0.05, 0) is 12.1 Å². The van der Waals surface area contributed by atoms with Crippen molar-refractivity contribution < 1.29 is 22.7 Å². The molecule has 0 saturated carbocycles. The zero-order valence-electron chi connectivity index (χ0n) is 7.95. The van der Waals surface area contributed by atoms with Crippen LogP contribution in [0.1, 0.15) is 0 Å². The second-order valence-electron chi connectivity index (χ2n) is 3.10. The molecule has 0 fully saturated rings. The molecule has 0 aliphatic rings. The Morgan fingerprint density at radius 3 is 2.69 bits per heavy atom. The Kier molecular flexibility index (Phi) is 2.39. The molecule has 1 heterocycles. The number of carboxylic acids is 1. The lowest BCUT2D eigenvalue weighted by atomic mass is 10.3. The summed E-state index contributed by atoms with van der Waals surface area (Å²) in [6, 6.07) is 6.49. The summed E-state index contributed by atoms with van der Waals surface area (Å²) in [6.45, 7) is 0. The lowest BCUT2D eigenvalue weighted by Gasteiger charge is -1.93. The smallest absolute Gasteiger partial charge is 0.319 e. The Bertz CT molecular complexity index is 610. The van der Waals surface area contributed by atoms with E-state index in [1.165, 1.54) is 0 Å². The predicted molar refractivity (Wildman–Crippen MR) is 53.7 cm³/mol. The number of para-hydroxylation sites is 2. The standard InChI is InChI=1S/C9H7NO5S/c11-8(12)5-16(13,14)9-10-6-3-1-2-4-7(6)15-9/h1-4H,5H2,(H,11,12). The molecule has 6 nitrogen and oxygen atoms in total. The van der Waals surface area contributed by atoms with Crippen LogP contribution in [0.2, 0.25) is 0 Å². The summed E-state index contributed by atoms with van der Waals surface area (Å²) < 4.78 is 27.9. The quantitative estimate of drug-likeness (QED) is 0.848. The Morgan fingerprint density at radius 2 is 2.06 bits per heavy atom. The Labute approximate surface area is 90.4 Å². The van der Waals surface area contributed by atoms with Gasteiger partial charge in [0.25, 0.3) is 0 Å². The molecular formula is C9H7NO5S. The molecule has 16 heavy (non-hydrogen) atoms. The SMILES string of the molecule is O=C(O)CS(=O)(=O)c1nc2ccccc2o1. The summed E-state index contributed by atoms with van der Waals surface area (Å²) in [5.41, 5.74) is 0.693. The number of carbonyl (C=O) groups is 1. The van der Waals surface area contributed by atoms with E-state index in [1.807, 2.05) is 0 Å². The molecular weight excluding hydrogens is 234 g/mol. The number of benzene rings is 1. The molecule has 0 unspecified atom stereocenters. The molecule has 0 amide bonds. The minimum Gasteiger partial charge on any atom is -0.480 e. The van der Waals surface area contributed by atoms with Gasteiger partial charge in [0.15, 0.2) is 11.3 Å². The van der Waals surface area contributed by atoms with Crippen molar-refractivity contribution in [2.75, 3.05) is 5.75 Å². The van der Waals surface area contributed by atoms with E-state index in [-0.39, 0.29) is 0 Å². The summed E-state index contributed by atoms with van der Waals surface area (Å²) in [5.74, 6) is -2.47. The Balaban J connectivity index is 2.52. The Morgan fingerprint density at radius 1 is 1.38 bits per heavy atom. The highest BCUT2D eigenvalue weighted by molar-refractivity contribution is 7.91. The summed E-state index contributed by atoms with van der Waals surface area (Å²) >= 11 is 0. The van der Waals surface area contributed by atoms with Gasteiger partial charge in [-0.2, -0.15) is 4.98 Å². The first-order chi connectivity index (χ1) is 7.49. The number of nitrogens with zero attached hydrogens (tertiary/aromatic N) is 1. The van der Waals surface area contributed by atoms with Crippen molar-refractivity contribution in [3.8, 4) is 0 Å². The molecule has 0 aliphatic heterocycles. The fourth-order valence-electron chi connectivity index (χ4n) is 1.21. The van der Waals surface area contributed by atoms with E-state index in [0.29, 0.717) is 11.1 Å². The van der Waals surface area contributed by atoms with E-state index in [2.05, 4.69) is 4.98 Å². The molecule has 0 bridgehead atoms. The number of carboxylic acid groups (broad SMARTS) is 1. The molecule has 2 rings (SSSR count). The van der Waals surface area contributed by atoms with Crippen LogP contribution in [-0.2, 0) is 14.6 Å². The molecule has 0 atom stereocenters. The van der Waals surface area contributed by atoms with Crippen LogP contribution in [0, 0.1) is 0 Å². The zero-order chi connectivity index (χ0) is 11.8. The van der Waals surface area contributed by atoms with Crippen molar-refractivity contribution >= 4 is 26.9 Å².